The fraction of sp³-hybridized carbons (Fsp3) is 0.346. The second kappa shape index (κ2) is 9.35. The van der Waals surface area contributed by atoms with E-state index in [1.807, 2.05) is 65.3 Å². The molecular weight excluding hydrogens is 432 g/mol. The quantitative estimate of drug-likeness (QED) is 0.603. The van der Waals surface area contributed by atoms with E-state index in [4.69, 9.17) is 0 Å². The SMILES string of the molecule is Cc1nc(C(=O)N2CCCCC2CNC(=O)N2CCc3ccccc32)c(-c2ccccc2)s1. The minimum absolute atomic E-state index is 0.0290. The van der Waals surface area contributed by atoms with E-state index in [9.17, 15) is 9.59 Å². The van der Waals surface area contributed by atoms with Gasteiger partial charge in [0.25, 0.3) is 5.91 Å². The van der Waals surface area contributed by atoms with Crippen molar-refractivity contribution in [2.24, 2.45) is 0 Å². The Bertz CT molecular complexity index is 1160. The van der Waals surface area contributed by atoms with Gasteiger partial charge in [0.1, 0.15) is 5.69 Å². The molecule has 1 atom stereocenters. The van der Waals surface area contributed by atoms with Crippen molar-refractivity contribution in [3.8, 4) is 10.4 Å². The molecule has 33 heavy (non-hydrogen) atoms. The number of aryl methyl sites for hydroxylation is 1. The molecule has 0 spiro atoms. The Morgan fingerprint density at radius 2 is 1.85 bits per heavy atom. The van der Waals surface area contributed by atoms with Gasteiger partial charge in [0.05, 0.1) is 9.88 Å². The number of nitrogens with one attached hydrogen (secondary N) is 1. The van der Waals surface area contributed by atoms with Crippen LogP contribution < -0.4 is 10.2 Å². The number of amides is 3. The summed E-state index contributed by atoms with van der Waals surface area (Å²) in [6, 6.07) is 17.9. The van der Waals surface area contributed by atoms with E-state index < -0.39 is 0 Å². The number of likely N-dealkylation sites (tertiary alicyclic amines) is 1. The summed E-state index contributed by atoms with van der Waals surface area (Å²) in [5.74, 6) is -0.0383. The smallest absolute Gasteiger partial charge is 0.321 e. The number of aromatic nitrogens is 1. The summed E-state index contributed by atoms with van der Waals surface area (Å²) in [7, 11) is 0. The van der Waals surface area contributed by atoms with E-state index in [1.165, 1.54) is 5.56 Å². The number of fused-ring (bicyclic) bond motifs is 1. The van der Waals surface area contributed by atoms with Crippen LogP contribution in [0.15, 0.2) is 54.6 Å². The summed E-state index contributed by atoms with van der Waals surface area (Å²) in [4.78, 5) is 35.8. The Labute approximate surface area is 198 Å². The van der Waals surface area contributed by atoms with Crippen molar-refractivity contribution in [3.63, 3.8) is 0 Å². The van der Waals surface area contributed by atoms with Crippen LogP contribution >= 0.6 is 11.3 Å². The van der Waals surface area contributed by atoms with Crippen molar-refractivity contribution in [2.75, 3.05) is 24.5 Å². The number of anilines is 1. The van der Waals surface area contributed by atoms with Gasteiger partial charge in [-0.2, -0.15) is 0 Å². The maximum absolute atomic E-state index is 13.6. The molecule has 0 saturated carbocycles. The fourth-order valence-electron chi connectivity index (χ4n) is 4.82. The molecule has 3 aromatic rings. The van der Waals surface area contributed by atoms with Crippen LogP contribution in [0.2, 0.25) is 0 Å². The van der Waals surface area contributed by atoms with Crippen LogP contribution in [-0.4, -0.2) is 47.5 Å². The zero-order valence-corrected chi connectivity index (χ0v) is 19.6. The number of hydrogen-bond donors (Lipinski definition) is 1. The lowest BCUT2D eigenvalue weighted by atomic mass is 10.0. The average molecular weight is 461 g/mol. The molecule has 1 saturated heterocycles. The maximum Gasteiger partial charge on any atom is 0.321 e. The van der Waals surface area contributed by atoms with Crippen molar-refractivity contribution < 1.29 is 9.59 Å². The molecule has 1 fully saturated rings. The van der Waals surface area contributed by atoms with E-state index >= 15 is 0 Å². The molecule has 0 bridgehead atoms. The summed E-state index contributed by atoms with van der Waals surface area (Å²) in [6.45, 7) is 3.77. The second-order valence-electron chi connectivity index (χ2n) is 8.64. The van der Waals surface area contributed by atoms with Gasteiger partial charge in [-0.25, -0.2) is 9.78 Å². The lowest BCUT2D eigenvalue weighted by Crippen LogP contribution is -2.51. The molecule has 1 aromatic heterocycles. The average Bonchev–Trinajstić information content (AvgIpc) is 3.46. The summed E-state index contributed by atoms with van der Waals surface area (Å²) < 4.78 is 0. The molecular formula is C26H28N4O2S. The summed E-state index contributed by atoms with van der Waals surface area (Å²) in [5, 5.41) is 3.98. The highest BCUT2D eigenvalue weighted by Crippen LogP contribution is 2.32. The molecule has 2 aromatic carbocycles. The lowest BCUT2D eigenvalue weighted by Gasteiger charge is -2.36. The molecule has 6 nitrogen and oxygen atoms in total. The molecule has 0 radical (unpaired) electrons. The number of carbonyl (C=O) groups is 2. The standard InChI is InChI=1S/C26H28N4O2S/c1-18-28-23(24(33-18)20-10-3-2-4-11-20)25(31)29-15-8-7-12-21(29)17-27-26(32)30-16-14-19-9-5-6-13-22(19)30/h2-6,9-11,13,21H,7-8,12,14-17H2,1H3,(H,27,32). The molecule has 170 valence electrons. The van der Waals surface area contributed by atoms with Crippen LogP contribution in [0, 0.1) is 6.92 Å². The van der Waals surface area contributed by atoms with Crippen LogP contribution in [0.4, 0.5) is 10.5 Å². The number of piperidine rings is 1. The van der Waals surface area contributed by atoms with E-state index in [1.54, 1.807) is 11.3 Å². The van der Waals surface area contributed by atoms with Gasteiger partial charge in [-0.1, -0.05) is 48.5 Å². The molecule has 3 heterocycles. The number of nitrogens with zero attached hydrogens (tertiary/aromatic N) is 3. The zero-order valence-electron chi connectivity index (χ0n) is 18.8. The van der Waals surface area contributed by atoms with Gasteiger partial charge in [0.15, 0.2) is 0 Å². The second-order valence-corrected chi connectivity index (χ2v) is 9.84. The van der Waals surface area contributed by atoms with Gasteiger partial charge >= 0.3 is 6.03 Å². The first-order valence-corrected chi connectivity index (χ1v) is 12.4. The van der Waals surface area contributed by atoms with Gasteiger partial charge in [-0.05, 0) is 49.8 Å². The molecule has 0 aliphatic carbocycles. The number of carbonyl (C=O) groups excluding carboxylic acids is 2. The van der Waals surface area contributed by atoms with Crippen LogP contribution in [0.25, 0.3) is 10.4 Å². The Hall–Kier alpha value is -3.19. The van der Waals surface area contributed by atoms with Crippen LogP contribution in [0.5, 0.6) is 0 Å². The maximum atomic E-state index is 13.6. The summed E-state index contributed by atoms with van der Waals surface area (Å²) >= 11 is 1.55. The number of rotatable bonds is 4. The van der Waals surface area contributed by atoms with Gasteiger partial charge < -0.3 is 10.2 Å². The lowest BCUT2D eigenvalue weighted by molar-refractivity contribution is 0.0610. The Morgan fingerprint density at radius 1 is 1.06 bits per heavy atom. The third-order valence-corrected chi connectivity index (χ3v) is 7.50. The van der Waals surface area contributed by atoms with Crippen molar-refractivity contribution in [1.29, 1.82) is 0 Å². The zero-order chi connectivity index (χ0) is 22.8. The summed E-state index contributed by atoms with van der Waals surface area (Å²) in [5.41, 5.74) is 3.72. The Morgan fingerprint density at radius 3 is 2.70 bits per heavy atom. The first-order chi connectivity index (χ1) is 16.1. The number of para-hydroxylation sites is 1. The van der Waals surface area contributed by atoms with E-state index in [-0.39, 0.29) is 18.0 Å². The highest BCUT2D eigenvalue weighted by atomic mass is 32.1. The van der Waals surface area contributed by atoms with Crippen molar-refractivity contribution in [3.05, 3.63) is 70.9 Å². The predicted octanol–water partition coefficient (Wildman–Crippen LogP) is 4.89. The first kappa shape index (κ1) is 21.6. The Balaban J connectivity index is 1.31. The number of benzene rings is 2. The topological polar surface area (TPSA) is 65.5 Å². The molecule has 2 aliphatic rings. The minimum atomic E-state index is -0.0904. The normalized spacial score (nSPS) is 17.7. The number of thiazole rings is 1. The molecule has 7 heteroatoms. The Kier molecular flexibility index (Phi) is 6.13. The van der Waals surface area contributed by atoms with Gasteiger partial charge in [-0.3, -0.25) is 9.69 Å². The molecule has 1 N–H and O–H groups in total. The predicted molar refractivity (Wildman–Crippen MR) is 132 cm³/mol. The van der Waals surface area contributed by atoms with Gasteiger partial charge in [-0.15, -0.1) is 11.3 Å². The van der Waals surface area contributed by atoms with Gasteiger partial charge in [0.2, 0.25) is 0 Å². The number of hydrogen-bond acceptors (Lipinski definition) is 4. The fourth-order valence-corrected chi connectivity index (χ4v) is 5.74. The van der Waals surface area contributed by atoms with E-state index in [0.717, 1.165) is 46.8 Å². The first-order valence-electron chi connectivity index (χ1n) is 11.6. The minimum Gasteiger partial charge on any atom is -0.336 e. The van der Waals surface area contributed by atoms with Crippen LogP contribution in [0.3, 0.4) is 0 Å². The molecule has 2 aliphatic heterocycles. The largest absolute Gasteiger partial charge is 0.336 e. The highest BCUT2D eigenvalue weighted by Gasteiger charge is 2.32. The van der Waals surface area contributed by atoms with Crippen molar-refractivity contribution >= 4 is 29.0 Å². The van der Waals surface area contributed by atoms with Crippen LogP contribution in [-0.2, 0) is 6.42 Å². The monoisotopic (exact) mass is 460 g/mol. The third-order valence-electron chi connectivity index (χ3n) is 6.48. The van der Waals surface area contributed by atoms with Crippen molar-refractivity contribution in [1.82, 2.24) is 15.2 Å². The van der Waals surface area contributed by atoms with Gasteiger partial charge in [0, 0.05) is 31.4 Å². The highest BCUT2D eigenvalue weighted by molar-refractivity contribution is 7.15. The van der Waals surface area contributed by atoms with Crippen molar-refractivity contribution in [2.45, 2.75) is 38.6 Å². The van der Waals surface area contributed by atoms with E-state index in [2.05, 4.69) is 16.4 Å². The number of urea groups is 1. The molecule has 1 unspecified atom stereocenters. The molecule has 3 amide bonds. The molecule has 5 rings (SSSR count). The third kappa shape index (κ3) is 4.37. The van der Waals surface area contributed by atoms with Crippen LogP contribution in [0.1, 0.15) is 40.3 Å². The van der Waals surface area contributed by atoms with E-state index in [0.29, 0.717) is 25.3 Å². The summed E-state index contributed by atoms with van der Waals surface area (Å²) in [6.07, 6.45) is 3.79.